The molecule has 0 fully saturated rings. The summed E-state index contributed by atoms with van der Waals surface area (Å²) in [5, 5.41) is 18.0. The molecule has 0 spiro atoms. The highest BCUT2D eigenvalue weighted by atomic mass is 16.3. The van der Waals surface area contributed by atoms with Gasteiger partial charge in [0, 0.05) is 46.9 Å². The molecule has 6 aromatic heterocycles. The van der Waals surface area contributed by atoms with Crippen LogP contribution in [-0.2, 0) is 0 Å². The van der Waals surface area contributed by atoms with Crippen molar-refractivity contribution in [1.29, 1.82) is 0 Å². The number of aromatic amines is 2. The topological polar surface area (TPSA) is 129 Å². The smallest absolute Gasteiger partial charge is 0.178 e. The second-order valence-corrected chi connectivity index (χ2v) is 7.00. The quantitative estimate of drug-likeness (QED) is 0.408. The van der Waals surface area contributed by atoms with E-state index in [2.05, 4.69) is 40.1 Å². The Morgan fingerprint density at radius 1 is 0.871 bits per heavy atom. The zero-order valence-electron chi connectivity index (χ0n) is 16.0. The fourth-order valence-electron chi connectivity index (χ4n) is 3.61. The predicted molar refractivity (Wildman–Crippen MR) is 115 cm³/mol. The lowest BCUT2D eigenvalue weighted by Gasteiger charge is -2.02. The van der Waals surface area contributed by atoms with E-state index in [1.54, 1.807) is 37.1 Å². The van der Waals surface area contributed by atoms with E-state index in [4.69, 9.17) is 0 Å². The standard InChI is InChI=1S/C22H14N8O/c31-14-6-13(9-24-10-14)17-7-16-18(11-26-17)29-30-20(16)22-27-19-15(3-5-25-21(19)28-22)12-2-1-4-23-8-12/h1-11,31H,(H,29,30)(H,25,27,28). The van der Waals surface area contributed by atoms with Gasteiger partial charge in [-0.3, -0.25) is 20.1 Å². The molecule has 0 aliphatic rings. The third kappa shape index (κ3) is 2.87. The van der Waals surface area contributed by atoms with Crippen molar-refractivity contribution in [2.24, 2.45) is 0 Å². The van der Waals surface area contributed by atoms with E-state index in [0.29, 0.717) is 28.4 Å². The molecule has 0 saturated carbocycles. The molecule has 0 aliphatic heterocycles. The second kappa shape index (κ2) is 6.70. The van der Waals surface area contributed by atoms with Crippen molar-refractivity contribution >= 4 is 22.1 Å². The van der Waals surface area contributed by atoms with Gasteiger partial charge >= 0.3 is 0 Å². The average molecular weight is 406 g/mol. The largest absolute Gasteiger partial charge is 0.506 e. The number of hydrogen-bond donors (Lipinski definition) is 3. The summed E-state index contributed by atoms with van der Waals surface area (Å²) in [5.74, 6) is 0.675. The minimum Gasteiger partial charge on any atom is -0.506 e. The van der Waals surface area contributed by atoms with Gasteiger partial charge in [-0.25, -0.2) is 9.97 Å². The van der Waals surface area contributed by atoms with E-state index in [0.717, 1.165) is 27.5 Å². The van der Waals surface area contributed by atoms with Crippen LogP contribution in [0.25, 0.3) is 56.0 Å². The number of nitrogens with one attached hydrogen (secondary N) is 2. The minimum absolute atomic E-state index is 0.0816. The van der Waals surface area contributed by atoms with Crippen molar-refractivity contribution in [3.05, 3.63) is 67.5 Å². The zero-order valence-corrected chi connectivity index (χ0v) is 16.0. The van der Waals surface area contributed by atoms with E-state index in [1.807, 2.05) is 24.3 Å². The van der Waals surface area contributed by atoms with Gasteiger partial charge in [-0.2, -0.15) is 5.10 Å². The Labute approximate surface area is 174 Å². The lowest BCUT2D eigenvalue weighted by Crippen LogP contribution is -1.86. The highest BCUT2D eigenvalue weighted by molar-refractivity contribution is 5.96. The number of aromatic hydroxyl groups is 1. The maximum Gasteiger partial charge on any atom is 0.178 e. The summed E-state index contributed by atoms with van der Waals surface area (Å²) >= 11 is 0. The van der Waals surface area contributed by atoms with Gasteiger partial charge in [0.05, 0.1) is 29.1 Å². The summed E-state index contributed by atoms with van der Waals surface area (Å²) in [6, 6.07) is 9.33. The molecule has 0 aromatic carbocycles. The molecular weight excluding hydrogens is 392 g/mol. The lowest BCUT2D eigenvalue weighted by molar-refractivity contribution is 0.473. The minimum atomic E-state index is 0.0816. The molecule has 6 aromatic rings. The Morgan fingerprint density at radius 2 is 1.81 bits per heavy atom. The Morgan fingerprint density at radius 3 is 2.68 bits per heavy atom. The molecule has 148 valence electrons. The summed E-state index contributed by atoms with van der Waals surface area (Å²) in [4.78, 5) is 25.1. The molecule has 0 radical (unpaired) electrons. The highest BCUT2D eigenvalue weighted by Gasteiger charge is 2.17. The normalized spacial score (nSPS) is 11.4. The number of hydrogen-bond acceptors (Lipinski definition) is 7. The van der Waals surface area contributed by atoms with Crippen LogP contribution in [0.4, 0.5) is 0 Å². The fraction of sp³-hybridized carbons (Fsp3) is 0. The van der Waals surface area contributed by atoms with Gasteiger partial charge < -0.3 is 10.1 Å². The first-order valence-electron chi connectivity index (χ1n) is 9.50. The predicted octanol–water partition coefficient (Wildman–Crippen LogP) is 3.73. The summed E-state index contributed by atoms with van der Waals surface area (Å²) in [6.07, 6.45) is 10.0. The number of H-pyrrole nitrogens is 2. The van der Waals surface area contributed by atoms with Crippen molar-refractivity contribution < 1.29 is 5.11 Å². The van der Waals surface area contributed by atoms with Crippen LogP contribution in [0, 0.1) is 0 Å². The van der Waals surface area contributed by atoms with Crippen molar-refractivity contribution in [2.75, 3.05) is 0 Å². The van der Waals surface area contributed by atoms with Gasteiger partial charge in [-0.15, -0.1) is 0 Å². The molecule has 9 nitrogen and oxygen atoms in total. The van der Waals surface area contributed by atoms with Crippen LogP contribution >= 0.6 is 0 Å². The van der Waals surface area contributed by atoms with Crippen LogP contribution in [0.3, 0.4) is 0 Å². The van der Waals surface area contributed by atoms with Crippen molar-refractivity contribution in [1.82, 2.24) is 40.1 Å². The number of rotatable bonds is 3. The van der Waals surface area contributed by atoms with Crippen molar-refractivity contribution in [3.8, 4) is 39.7 Å². The number of pyridine rings is 4. The Balaban J connectivity index is 1.51. The van der Waals surface area contributed by atoms with Gasteiger partial charge in [-0.05, 0) is 24.3 Å². The van der Waals surface area contributed by atoms with Gasteiger partial charge in [-0.1, -0.05) is 6.07 Å². The molecule has 0 amide bonds. The summed E-state index contributed by atoms with van der Waals surface area (Å²) in [5.41, 5.74) is 6.15. The maximum atomic E-state index is 9.75. The summed E-state index contributed by atoms with van der Waals surface area (Å²) in [7, 11) is 0. The molecule has 6 rings (SSSR count). The van der Waals surface area contributed by atoms with E-state index in [1.165, 1.54) is 6.20 Å². The monoisotopic (exact) mass is 406 g/mol. The zero-order chi connectivity index (χ0) is 20.8. The molecule has 0 unspecified atom stereocenters. The van der Waals surface area contributed by atoms with Crippen molar-refractivity contribution in [3.63, 3.8) is 0 Å². The third-order valence-electron chi connectivity index (χ3n) is 5.06. The first kappa shape index (κ1) is 17.2. The number of imidazole rings is 1. The molecule has 0 bridgehead atoms. The highest BCUT2D eigenvalue weighted by Crippen LogP contribution is 2.31. The van der Waals surface area contributed by atoms with Crippen LogP contribution in [0.15, 0.2) is 67.5 Å². The first-order chi connectivity index (χ1) is 15.3. The average Bonchev–Trinajstić information content (AvgIpc) is 3.43. The summed E-state index contributed by atoms with van der Waals surface area (Å²) < 4.78 is 0. The molecule has 0 saturated heterocycles. The van der Waals surface area contributed by atoms with Crippen LogP contribution in [0.1, 0.15) is 0 Å². The molecule has 3 N–H and O–H groups in total. The van der Waals surface area contributed by atoms with Crippen molar-refractivity contribution in [2.45, 2.75) is 0 Å². The summed E-state index contributed by atoms with van der Waals surface area (Å²) in [6.45, 7) is 0. The molecule has 0 aliphatic carbocycles. The van der Waals surface area contributed by atoms with Crippen LogP contribution in [0.5, 0.6) is 5.75 Å². The van der Waals surface area contributed by atoms with Gasteiger partial charge in [0.1, 0.15) is 11.4 Å². The molecule has 0 atom stereocenters. The van der Waals surface area contributed by atoms with Crippen LogP contribution in [-0.4, -0.2) is 45.2 Å². The Bertz CT molecular complexity index is 1550. The van der Waals surface area contributed by atoms with E-state index >= 15 is 0 Å². The van der Waals surface area contributed by atoms with Gasteiger partial charge in [0.2, 0.25) is 0 Å². The van der Waals surface area contributed by atoms with Gasteiger partial charge in [0.25, 0.3) is 0 Å². The Kier molecular flexibility index (Phi) is 3.72. The SMILES string of the molecule is Oc1cncc(-c2cc3c(-c4nc5nccc(-c6cccnc6)c5[nH]4)n[nH]c3cn2)c1. The van der Waals surface area contributed by atoms with Crippen LogP contribution < -0.4 is 0 Å². The molecular formula is C22H14N8O. The third-order valence-corrected chi connectivity index (χ3v) is 5.06. The molecule has 9 heteroatoms. The fourth-order valence-corrected chi connectivity index (χ4v) is 3.61. The maximum absolute atomic E-state index is 9.75. The van der Waals surface area contributed by atoms with Gasteiger partial charge in [0.15, 0.2) is 11.5 Å². The van der Waals surface area contributed by atoms with E-state index in [9.17, 15) is 5.11 Å². The van der Waals surface area contributed by atoms with E-state index < -0.39 is 0 Å². The van der Waals surface area contributed by atoms with Crippen LogP contribution in [0.2, 0.25) is 0 Å². The Hall–Kier alpha value is -4.66. The molecule has 6 heterocycles. The number of aromatic nitrogens is 8. The van der Waals surface area contributed by atoms with E-state index in [-0.39, 0.29) is 5.75 Å². The first-order valence-corrected chi connectivity index (χ1v) is 9.50. The number of nitrogens with zero attached hydrogens (tertiary/aromatic N) is 6. The molecule has 31 heavy (non-hydrogen) atoms. The lowest BCUT2D eigenvalue weighted by atomic mass is 10.1. The second-order valence-electron chi connectivity index (χ2n) is 7.00. The number of fused-ring (bicyclic) bond motifs is 2.